The van der Waals surface area contributed by atoms with Gasteiger partial charge in [0.1, 0.15) is 12.4 Å². The minimum atomic E-state index is 0.369. The van der Waals surface area contributed by atoms with Crippen molar-refractivity contribution < 1.29 is 4.74 Å². The highest BCUT2D eigenvalue weighted by molar-refractivity contribution is 6.30. The van der Waals surface area contributed by atoms with Gasteiger partial charge in [0.15, 0.2) is 0 Å². The molecule has 3 nitrogen and oxygen atoms in total. The van der Waals surface area contributed by atoms with Crippen LogP contribution < -0.4 is 10.5 Å². The summed E-state index contributed by atoms with van der Waals surface area (Å²) in [5.41, 5.74) is 5.95. The number of nitrogens with two attached hydrogens (primary N) is 1. The quantitative estimate of drug-likeness (QED) is 0.912. The maximum absolute atomic E-state index is 5.95. The summed E-state index contributed by atoms with van der Waals surface area (Å²) in [5.74, 6) is 0.876. The molecule has 1 aromatic rings. The summed E-state index contributed by atoms with van der Waals surface area (Å²) < 4.78 is 5.71. The molecule has 0 aromatic heterocycles. The number of benzene rings is 1. The molecule has 2 unspecified atom stereocenters. The maximum atomic E-state index is 5.95. The molecule has 0 aliphatic carbocycles. The molecule has 1 heterocycles. The summed E-state index contributed by atoms with van der Waals surface area (Å²) >= 11 is 5.82. The van der Waals surface area contributed by atoms with Crippen molar-refractivity contribution in [3.63, 3.8) is 0 Å². The molecule has 1 fully saturated rings. The van der Waals surface area contributed by atoms with Crippen LogP contribution in [0, 0.1) is 0 Å². The van der Waals surface area contributed by atoms with Gasteiger partial charge in [-0.15, -0.1) is 0 Å². The van der Waals surface area contributed by atoms with Crippen molar-refractivity contribution in [2.45, 2.75) is 31.8 Å². The predicted octanol–water partition coefficient (Wildman–Crippen LogP) is 2.53. The Balaban J connectivity index is 1.73. The lowest BCUT2D eigenvalue weighted by atomic mass is 9.99. The van der Waals surface area contributed by atoms with Gasteiger partial charge in [0, 0.05) is 30.2 Å². The Morgan fingerprint density at radius 1 is 1.39 bits per heavy atom. The largest absolute Gasteiger partial charge is 0.492 e. The fourth-order valence-electron chi connectivity index (χ4n) is 2.40. The lowest BCUT2D eigenvalue weighted by molar-refractivity contribution is 0.123. The third-order valence-corrected chi connectivity index (χ3v) is 3.77. The van der Waals surface area contributed by atoms with E-state index in [9.17, 15) is 0 Å². The highest BCUT2D eigenvalue weighted by Gasteiger charge is 2.22. The molecule has 0 radical (unpaired) electrons. The first kappa shape index (κ1) is 13.7. The number of likely N-dealkylation sites (tertiary alicyclic amines) is 1. The van der Waals surface area contributed by atoms with Crippen LogP contribution in [-0.2, 0) is 0 Å². The van der Waals surface area contributed by atoms with Crippen molar-refractivity contribution in [1.29, 1.82) is 0 Å². The van der Waals surface area contributed by atoms with Crippen molar-refractivity contribution in [2.75, 3.05) is 19.7 Å². The summed E-state index contributed by atoms with van der Waals surface area (Å²) in [4.78, 5) is 2.44. The van der Waals surface area contributed by atoms with Gasteiger partial charge in [-0.1, -0.05) is 11.6 Å². The molecule has 0 spiro atoms. The van der Waals surface area contributed by atoms with Crippen molar-refractivity contribution in [3.8, 4) is 5.75 Å². The van der Waals surface area contributed by atoms with Gasteiger partial charge in [-0.05, 0) is 44.0 Å². The second kappa shape index (κ2) is 6.41. The smallest absolute Gasteiger partial charge is 0.119 e. The van der Waals surface area contributed by atoms with Gasteiger partial charge >= 0.3 is 0 Å². The highest BCUT2D eigenvalue weighted by Crippen LogP contribution is 2.17. The molecule has 0 bridgehead atoms. The normalized spacial score (nSPS) is 25.1. The molecule has 100 valence electrons. The molecule has 4 heteroatoms. The minimum absolute atomic E-state index is 0.369. The Morgan fingerprint density at radius 3 is 2.78 bits per heavy atom. The molecule has 2 atom stereocenters. The van der Waals surface area contributed by atoms with Crippen LogP contribution in [0.4, 0.5) is 0 Å². The maximum Gasteiger partial charge on any atom is 0.119 e. The van der Waals surface area contributed by atoms with Gasteiger partial charge in [-0.2, -0.15) is 0 Å². The Morgan fingerprint density at radius 2 is 2.11 bits per heavy atom. The monoisotopic (exact) mass is 268 g/mol. The standard InChI is InChI=1S/C14H21ClN2O/c1-11-10-13(16)6-7-17(11)8-9-18-14-4-2-12(15)3-5-14/h2-5,11,13H,6-10,16H2,1H3. The predicted molar refractivity (Wildman–Crippen MR) is 75.2 cm³/mol. The van der Waals surface area contributed by atoms with E-state index in [0.29, 0.717) is 18.7 Å². The number of ether oxygens (including phenoxy) is 1. The summed E-state index contributed by atoms with van der Waals surface area (Å²) in [6.07, 6.45) is 2.17. The van der Waals surface area contributed by atoms with E-state index in [2.05, 4.69) is 11.8 Å². The van der Waals surface area contributed by atoms with Crippen LogP contribution in [0.1, 0.15) is 19.8 Å². The third kappa shape index (κ3) is 3.87. The van der Waals surface area contributed by atoms with Gasteiger partial charge in [0.2, 0.25) is 0 Å². The molecule has 1 saturated heterocycles. The highest BCUT2D eigenvalue weighted by atomic mass is 35.5. The van der Waals surface area contributed by atoms with Gasteiger partial charge in [0.25, 0.3) is 0 Å². The number of rotatable bonds is 4. The van der Waals surface area contributed by atoms with Gasteiger partial charge in [-0.3, -0.25) is 4.90 Å². The van der Waals surface area contributed by atoms with Crippen LogP contribution in [0.5, 0.6) is 5.75 Å². The molecule has 1 aliphatic rings. The van der Waals surface area contributed by atoms with E-state index in [1.807, 2.05) is 24.3 Å². The molecular weight excluding hydrogens is 248 g/mol. The van der Waals surface area contributed by atoms with Crippen molar-refractivity contribution in [2.24, 2.45) is 5.73 Å². The fourth-order valence-corrected chi connectivity index (χ4v) is 2.53. The zero-order valence-corrected chi connectivity index (χ0v) is 11.6. The molecule has 2 N–H and O–H groups in total. The third-order valence-electron chi connectivity index (χ3n) is 3.52. The second-order valence-electron chi connectivity index (χ2n) is 4.97. The van der Waals surface area contributed by atoms with Crippen molar-refractivity contribution >= 4 is 11.6 Å². The van der Waals surface area contributed by atoms with Crippen molar-refractivity contribution in [1.82, 2.24) is 4.90 Å². The van der Waals surface area contributed by atoms with E-state index < -0.39 is 0 Å². The van der Waals surface area contributed by atoms with E-state index in [1.54, 1.807) is 0 Å². The molecule has 1 aliphatic heterocycles. The van der Waals surface area contributed by atoms with Crippen LogP contribution in [0.2, 0.25) is 5.02 Å². The Labute approximate surface area is 114 Å². The SMILES string of the molecule is CC1CC(N)CCN1CCOc1ccc(Cl)cc1. The topological polar surface area (TPSA) is 38.5 Å². The van der Waals surface area contributed by atoms with Crippen LogP contribution in [0.15, 0.2) is 24.3 Å². The number of piperidine rings is 1. The average molecular weight is 269 g/mol. The molecule has 2 rings (SSSR count). The summed E-state index contributed by atoms with van der Waals surface area (Å²) in [5, 5.41) is 0.737. The zero-order chi connectivity index (χ0) is 13.0. The molecular formula is C14H21ClN2O. The number of hydrogen-bond acceptors (Lipinski definition) is 3. The van der Waals surface area contributed by atoms with E-state index in [0.717, 1.165) is 36.7 Å². The Hall–Kier alpha value is -0.770. The van der Waals surface area contributed by atoms with Crippen LogP contribution in [-0.4, -0.2) is 36.7 Å². The van der Waals surface area contributed by atoms with Gasteiger partial charge in [-0.25, -0.2) is 0 Å². The summed E-state index contributed by atoms with van der Waals surface area (Å²) in [7, 11) is 0. The first-order valence-electron chi connectivity index (χ1n) is 6.53. The van der Waals surface area contributed by atoms with Crippen LogP contribution >= 0.6 is 11.6 Å². The summed E-state index contributed by atoms with van der Waals surface area (Å²) in [6, 6.07) is 8.42. The number of nitrogens with zero attached hydrogens (tertiary/aromatic N) is 1. The first-order valence-corrected chi connectivity index (χ1v) is 6.91. The van der Waals surface area contributed by atoms with Crippen LogP contribution in [0.3, 0.4) is 0 Å². The summed E-state index contributed by atoms with van der Waals surface area (Å²) in [6.45, 7) is 4.98. The molecule has 0 saturated carbocycles. The Kier molecular flexibility index (Phi) is 4.87. The van der Waals surface area contributed by atoms with Gasteiger partial charge in [0.05, 0.1) is 0 Å². The fraction of sp³-hybridized carbons (Fsp3) is 0.571. The first-order chi connectivity index (χ1) is 8.65. The van der Waals surface area contributed by atoms with E-state index >= 15 is 0 Å². The van der Waals surface area contributed by atoms with E-state index in [-0.39, 0.29) is 0 Å². The lowest BCUT2D eigenvalue weighted by Gasteiger charge is -2.36. The zero-order valence-electron chi connectivity index (χ0n) is 10.8. The number of halogens is 1. The van der Waals surface area contributed by atoms with Crippen molar-refractivity contribution in [3.05, 3.63) is 29.3 Å². The Bertz CT molecular complexity index is 369. The molecule has 0 amide bonds. The molecule has 1 aromatic carbocycles. The minimum Gasteiger partial charge on any atom is -0.492 e. The van der Waals surface area contributed by atoms with E-state index in [4.69, 9.17) is 22.1 Å². The average Bonchev–Trinajstić information content (AvgIpc) is 2.34. The molecule has 18 heavy (non-hydrogen) atoms. The second-order valence-corrected chi connectivity index (χ2v) is 5.41. The lowest BCUT2D eigenvalue weighted by Crippen LogP contribution is -2.46. The van der Waals surface area contributed by atoms with Gasteiger partial charge < -0.3 is 10.5 Å². The van der Waals surface area contributed by atoms with Crippen LogP contribution in [0.25, 0.3) is 0 Å². The number of hydrogen-bond donors (Lipinski definition) is 1. The van der Waals surface area contributed by atoms with E-state index in [1.165, 1.54) is 0 Å².